The number of carbonyl (C=O) groups is 1. The average Bonchev–Trinajstić information content (AvgIpc) is 2.55. The molecule has 0 atom stereocenters. The molecule has 1 aromatic carbocycles. The van der Waals surface area contributed by atoms with Crippen LogP contribution in [-0.2, 0) is 0 Å². The lowest BCUT2D eigenvalue weighted by Crippen LogP contribution is -2.03. The number of carboxylic acid groups (broad SMARTS) is 1. The number of rotatable bonds is 0. The lowest BCUT2D eigenvalue weighted by molar-refractivity contribution is 0.205. The van der Waals surface area contributed by atoms with E-state index in [2.05, 4.69) is 10.7 Å². The molecule has 9 heteroatoms. The summed E-state index contributed by atoms with van der Waals surface area (Å²) in [5.41, 5.74) is 3.27. The summed E-state index contributed by atoms with van der Waals surface area (Å²) in [6.45, 7) is 0. The second-order valence-electron chi connectivity index (χ2n) is 2.75. The molecule has 1 aromatic heterocycles. The number of nitrogens with one attached hydrogen (secondary N) is 1. The molecule has 0 unspecified atom stereocenters. The summed E-state index contributed by atoms with van der Waals surface area (Å²) in [4.78, 5) is 13.7. The van der Waals surface area contributed by atoms with E-state index in [1.807, 2.05) is 4.98 Å². The first kappa shape index (κ1) is 12.7. The normalized spacial score (nSPS) is 9.88. The number of nitrogens with two attached hydrogens (primary N) is 1. The van der Waals surface area contributed by atoms with E-state index in [-0.39, 0.29) is 5.52 Å². The van der Waals surface area contributed by atoms with Crippen molar-refractivity contribution in [2.45, 2.75) is 0 Å². The molecule has 0 saturated carbocycles. The van der Waals surface area contributed by atoms with Crippen LogP contribution in [0.3, 0.4) is 0 Å². The van der Waals surface area contributed by atoms with Gasteiger partial charge in [0.05, 0.1) is 5.52 Å². The molecule has 0 aliphatic heterocycles. The second-order valence-corrected chi connectivity index (χ2v) is 2.75. The van der Waals surface area contributed by atoms with Gasteiger partial charge in [0.15, 0.2) is 17.5 Å². The average molecular weight is 251 g/mol. The predicted molar refractivity (Wildman–Crippen MR) is 48.1 cm³/mol. The minimum absolute atomic E-state index is 0.214. The van der Waals surface area contributed by atoms with Gasteiger partial charge in [-0.15, -0.1) is 0 Å². The van der Waals surface area contributed by atoms with Crippen LogP contribution in [0.4, 0.5) is 22.4 Å². The van der Waals surface area contributed by atoms with Crippen LogP contribution in [0.2, 0.25) is 0 Å². The van der Waals surface area contributed by atoms with Crippen molar-refractivity contribution >= 4 is 17.1 Å². The summed E-state index contributed by atoms with van der Waals surface area (Å²) in [5, 5.41) is 7.19. The van der Waals surface area contributed by atoms with Gasteiger partial charge in [-0.1, -0.05) is 0 Å². The van der Waals surface area contributed by atoms with Crippen molar-refractivity contribution in [1.29, 1.82) is 0 Å². The number of amides is 1. The van der Waals surface area contributed by atoms with Crippen molar-refractivity contribution in [3.8, 4) is 0 Å². The van der Waals surface area contributed by atoms with Gasteiger partial charge in [-0.3, -0.25) is 0 Å². The largest absolute Gasteiger partial charge is 0.465 e. The van der Waals surface area contributed by atoms with E-state index >= 15 is 0 Å². The Morgan fingerprint density at radius 2 is 1.82 bits per heavy atom. The summed E-state index contributed by atoms with van der Waals surface area (Å²) >= 11 is 0. The Balaban J connectivity index is 0.000000317. The Labute approximate surface area is 90.9 Å². The first-order valence-electron chi connectivity index (χ1n) is 4.00. The fourth-order valence-electron chi connectivity index (χ4n) is 1.03. The molecule has 0 bridgehead atoms. The van der Waals surface area contributed by atoms with E-state index in [4.69, 9.17) is 9.90 Å². The van der Waals surface area contributed by atoms with Crippen LogP contribution in [-0.4, -0.2) is 21.2 Å². The highest BCUT2D eigenvalue weighted by atomic mass is 19.2. The highest BCUT2D eigenvalue weighted by Crippen LogP contribution is 2.20. The molecule has 2 rings (SSSR count). The maximum Gasteiger partial charge on any atom is 0.402 e. The van der Waals surface area contributed by atoms with Gasteiger partial charge in [-0.2, -0.15) is 9.37 Å². The number of aromatic nitrogens is 2. The molecular weight excluding hydrogens is 246 g/mol. The third-order valence-electron chi connectivity index (χ3n) is 1.58. The van der Waals surface area contributed by atoms with Crippen LogP contribution in [0.5, 0.6) is 0 Å². The van der Waals surface area contributed by atoms with E-state index in [0.717, 1.165) is 0 Å². The van der Waals surface area contributed by atoms with Gasteiger partial charge >= 0.3 is 6.09 Å². The highest BCUT2D eigenvalue weighted by Gasteiger charge is 2.16. The second kappa shape index (κ2) is 4.68. The lowest BCUT2D eigenvalue weighted by Gasteiger charge is -1.94. The zero-order valence-corrected chi connectivity index (χ0v) is 7.97. The molecule has 0 saturated heterocycles. The van der Waals surface area contributed by atoms with Crippen molar-refractivity contribution in [2.24, 2.45) is 5.73 Å². The molecule has 2 aromatic rings. The summed E-state index contributed by atoms with van der Waals surface area (Å²) in [6, 6.07) is 0.643. The SMILES string of the molecule is Fc1nc2c(F)c(F)c(F)cc2[nH]1.NC(=O)O. The molecule has 0 aliphatic rings. The minimum Gasteiger partial charge on any atom is -0.465 e. The number of primary amides is 1. The van der Waals surface area contributed by atoms with E-state index in [0.29, 0.717) is 6.07 Å². The maximum absolute atomic E-state index is 12.8. The first-order valence-corrected chi connectivity index (χ1v) is 4.00. The van der Waals surface area contributed by atoms with Crippen molar-refractivity contribution in [1.82, 2.24) is 9.97 Å². The van der Waals surface area contributed by atoms with Gasteiger partial charge in [-0.25, -0.2) is 18.0 Å². The van der Waals surface area contributed by atoms with Crippen molar-refractivity contribution < 1.29 is 27.5 Å². The van der Waals surface area contributed by atoms with Gasteiger partial charge < -0.3 is 15.8 Å². The number of hydrogen-bond acceptors (Lipinski definition) is 2. The van der Waals surface area contributed by atoms with Crippen LogP contribution < -0.4 is 5.73 Å². The molecule has 0 fully saturated rings. The Hall–Kier alpha value is -2.32. The number of halogens is 4. The molecule has 17 heavy (non-hydrogen) atoms. The van der Waals surface area contributed by atoms with Gasteiger partial charge in [0.1, 0.15) is 5.52 Å². The molecule has 0 radical (unpaired) electrons. The number of benzene rings is 1. The maximum atomic E-state index is 12.8. The number of H-pyrrole nitrogens is 1. The Morgan fingerprint density at radius 1 is 1.29 bits per heavy atom. The van der Waals surface area contributed by atoms with E-state index in [1.54, 1.807) is 0 Å². The van der Waals surface area contributed by atoms with Gasteiger partial charge in [-0.05, 0) is 0 Å². The van der Waals surface area contributed by atoms with E-state index in [1.165, 1.54) is 0 Å². The summed E-state index contributed by atoms with van der Waals surface area (Å²) in [5.74, 6) is -4.53. The van der Waals surface area contributed by atoms with E-state index in [9.17, 15) is 17.6 Å². The molecule has 5 nitrogen and oxygen atoms in total. The summed E-state index contributed by atoms with van der Waals surface area (Å²) in [6.07, 6.45) is -2.42. The van der Waals surface area contributed by atoms with Crippen molar-refractivity contribution in [3.63, 3.8) is 0 Å². The minimum atomic E-state index is -1.65. The summed E-state index contributed by atoms with van der Waals surface area (Å²) in [7, 11) is 0. The molecule has 1 heterocycles. The molecule has 92 valence electrons. The topological polar surface area (TPSA) is 92.0 Å². The first-order chi connectivity index (χ1) is 7.82. The molecule has 1 amide bonds. The van der Waals surface area contributed by atoms with Crippen LogP contribution in [0, 0.1) is 23.5 Å². The zero-order chi connectivity index (χ0) is 13.2. The van der Waals surface area contributed by atoms with Gasteiger partial charge in [0.25, 0.3) is 6.08 Å². The van der Waals surface area contributed by atoms with Gasteiger partial charge in [0, 0.05) is 6.07 Å². The number of hydrogen-bond donors (Lipinski definition) is 3. The fourth-order valence-corrected chi connectivity index (χ4v) is 1.03. The van der Waals surface area contributed by atoms with Crippen molar-refractivity contribution in [2.75, 3.05) is 0 Å². The van der Waals surface area contributed by atoms with Crippen molar-refractivity contribution in [3.05, 3.63) is 29.6 Å². The smallest absolute Gasteiger partial charge is 0.402 e. The monoisotopic (exact) mass is 251 g/mol. The Kier molecular flexibility index (Phi) is 3.51. The zero-order valence-electron chi connectivity index (χ0n) is 7.97. The number of imidazole rings is 1. The number of fused-ring (bicyclic) bond motifs is 1. The standard InChI is InChI=1S/C7H2F4N2.CH3NO2/c8-2-1-3-6(5(10)4(2)9)13-7(11)12-3;2-1(3)4/h1H,(H,12,13);2H2,(H,3,4). The Morgan fingerprint density at radius 3 is 2.35 bits per heavy atom. The molecule has 0 aliphatic carbocycles. The van der Waals surface area contributed by atoms with Crippen LogP contribution >= 0.6 is 0 Å². The fraction of sp³-hybridized carbons (Fsp3) is 0. The highest BCUT2D eigenvalue weighted by molar-refractivity contribution is 5.75. The predicted octanol–water partition coefficient (Wildman–Crippen LogP) is 1.74. The molecular formula is C8H5F4N3O2. The van der Waals surface area contributed by atoms with Gasteiger partial charge in [0.2, 0.25) is 0 Å². The third kappa shape index (κ3) is 2.83. The molecule has 4 N–H and O–H groups in total. The number of nitrogens with zero attached hydrogens (tertiary/aromatic N) is 1. The molecule has 0 spiro atoms. The Bertz CT molecular complexity index is 565. The van der Waals surface area contributed by atoms with E-state index < -0.39 is 35.1 Å². The third-order valence-corrected chi connectivity index (χ3v) is 1.58. The van der Waals surface area contributed by atoms with Crippen LogP contribution in [0.1, 0.15) is 0 Å². The number of aromatic amines is 1. The lowest BCUT2D eigenvalue weighted by atomic mass is 10.3. The summed E-state index contributed by atoms with van der Waals surface area (Å²) < 4.78 is 50.3. The van der Waals surface area contributed by atoms with Crippen LogP contribution in [0.15, 0.2) is 6.07 Å². The quantitative estimate of drug-likeness (QED) is 0.492. The van der Waals surface area contributed by atoms with Crippen LogP contribution in [0.25, 0.3) is 11.0 Å².